The Balaban J connectivity index is 1.97. The first-order valence-electron chi connectivity index (χ1n) is 6.41. The molecule has 0 bridgehead atoms. The van der Waals surface area contributed by atoms with Crippen molar-refractivity contribution in [2.45, 2.75) is 52.4 Å². The van der Waals surface area contributed by atoms with Crippen LogP contribution in [0.4, 0.5) is 0 Å². The summed E-state index contributed by atoms with van der Waals surface area (Å²) in [6.07, 6.45) is 5.90. The number of rotatable bonds is 2. The van der Waals surface area contributed by atoms with Crippen molar-refractivity contribution >= 4 is 17.6 Å². The van der Waals surface area contributed by atoms with Crippen molar-refractivity contribution in [2.24, 2.45) is 11.3 Å². The van der Waals surface area contributed by atoms with Gasteiger partial charge in [0.05, 0.1) is 5.01 Å². The molecule has 0 amide bonds. The van der Waals surface area contributed by atoms with Crippen molar-refractivity contribution in [3.63, 3.8) is 0 Å². The first-order valence-corrected chi connectivity index (χ1v) is 7.29. The zero-order valence-corrected chi connectivity index (χ0v) is 11.7. The van der Waals surface area contributed by atoms with E-state index in [9.17, 15) is 4.79 Å². The van der Waals surface area contributed by atoms with Gasteiger partial charge in [0.1, 0.15) is 5.69 Å². The maximum Gasteiger partial charge on any atom is 0.169 e. The van der Waals surface area contributed by atoms with E-state index in [1.807, 2.05) is 5.38 Å². The maximum atomic E-state index is 10.6. The molecule has 0 spiro atoms. The number of carbonyl (C=O) groups is 1. The number of aldehydes is 1. The van der Waals surface area contributed by atoms with Crippen LogP contribution in [-0.2, 0) is 0 Å². The van der Waals surface area contributed by atoms with Gasteiger partial charge in [-0.2, -0.15) is 0 Å². The van der Waals surface area contributed by atoms with Crippen LogP contribution in [0.15, 0.2) is 5.38 Å². The lowest BCUT2D eigenvalue weighted by Crippen LogP contribution is -2.25. The average molecular weight is 251 g/mol. The number of hydrogen-bond donors (Lipinski definition) is 0. The van der Waals surface area contributed by atoms with Gasteiger partial charge in [-0.3, -0.25) is 4.79 Å². The van der Waals surface area contributed by atoms with Crippen LogP contribution in [0.3, 0.4) is 0 Å². The van der Waals surface area contributed by atoms with Crippen molar-refractivity contribution in [3.8, 4) is 0 Å². The Kier molecular flexibility index (Phi) is 3.67. The van der Waals surface area contributed by atoms with Crippen molar-refractivity contribution in [1.29, 1.82) is 0 Å². The molecule has 1 heterocycles. The minimum Gasteiger partial charge on any atom is -0.296 e. The highest BCUT2D eigenvalue weighted by Crippen LogP contribution is 2.43. The Morgan fingerprint density at radius 3 is 2.41 bits per heavy atom. The smallest absolute Gasteiger partial charge is 0.169 e. The van der Waals surface area contributed by atoms with Gasteiger partial charge >= 0.3 is 0 Å². The van der Waals surface area contributed by atoms with Gasteiger partial charge < -0.3 is 0 Å². The third-order valence-corrected chi connectivity index (χ3v) is 4.99. The molecule has 1 aliphatic rings. The summed E-state index contributed by atoms with van der Waals surface area (Å²) >= 11 is 1.65. The fourth-order valence-corrected chi connectivity index (χ4v) is 3.68. The second-order valence-corrected chi connectivity index (χ2v) is 7.03. The molecule has 1 aromatic rings. The summed E-state index contributed by atoms with van der Waals surface area (Å²) in [6, 6.07) is 0. The molecule has 1 fully saturated rings. The van der Waals surface area contributed by atoms with Gasteiger partial charge in [0.15, 0.2) is 6.29 Å². The molecule has 0 unspecified atom stereocenters. The number of aromatic nitrogens is 1. The van der Waals surface area contributed by atoms with E-state index in [4.69, 9.17) is 0 Å². The van der Waals surface area contributed by atoms with E-state index in [0.717, 1.165) is 12.2 Å². The van der Waals surface area contributed by atoms with Crippen molar-refractivity contribution in [1.82, 2.24) is 4.98 Å². The van der Waals surface area contributed by atoms with Crippen LogP contribution in [0.2, 0.25) is 0 Å². The van der Waals surface area contributed by atoms with E-state index < -0.39 is 0 Å². The lowest BCUT2D eigenvalue weighted by Gasteiger charge is -2.36. The standard InChI is InChI=1S/C14H21NOS/c1-14(2,3)11-6-4-10(5-7-11)13-15-12(8-16)9-17-13/h8-11H,4-7H2,1-3H3. The van der Waals surface area contributed by atoms with Crippen molar-refractivity contribution in [3.05, 3.63) is 16.1 Å². The molecule has 94 valence electrons. The van der Waals surface area contributed by atoms with E-state index in [1.54, 1.807) is 11.3 Å². The largest absolute Gasteiger partial charge is 0.296 e. The molecule has 0 atom stereocenters. The van der Waals surface area contributed by atoms with Crippen LogP contribution < -0.4 is 0 Å². The minimum absolute atomic E-state index is 0.432. The van der Waals surface area contributed by atoms with Gasteiger partial charge in [0.2, 0.25) is 0 Å². The van der Waals surface area contributed by atoms with Crippen molar-refractivity contribution < 1.29 is 4.79 Å². The Morgan fingerprint density at radius 2 is 1.94 bits per heavy atom. The molecule has 17 heavy (non-hydrogen) atoms. The third-order valence-electron chi connectivity index (χ3n) is 3.96. The monoisotopic (exact) mass is 251 g/mol. The lowest BCUT2D eigenvalue weighted by atomic mass is 9.70. The van der Waals surface area contributed by atoms with E-state index in [-0.39, 0.29) is 0 Å². The molecule has 0 N–H and O–H groups in total. The fraction of sp³-hybridized carbons (Fsp3) is 0.714. The number of hydrogen-bond acceptors (Lipinski definition) is 3. The van der Waals surface area contributed by atoms with Crippen LogP contribution in [0.5, 0.6) is 0 Å². The third kappa shape index (κ3) is 2.95. The topological polar surface area (TPSA) is 30.0 Å². The predicted molar refractivity (Wildman–Crippen MR) is 71.7 cm³/mol. The van der Waals surface area contributed by atoms with Crippen LogP contribution >= 0.6 is 11.3 Å². The molecule has 1 aliphatic carbocycles. The van der Waals surface area contributed by atoms with E-state index in [2.05, 4.69) is 25.8 Å². The number of nitrogens with zero attached hydrogens (tertiary/aromatic N) is 1. The van der Waals surface area contributed by atoms with E-state index in [0.29, 0.717) is 17.0 Å². The van der Waals surface area contributed by atoms with Crippen LogP contribution in [0, 0.1) is 11.3 Å². The molecule has 0 aliphatic heterocycles. The molecule has 0 radical (unpaired) electrons. The Bertz CT molecular complexity index is 383. The van der Waals surface area contributed by atoms with Gasteiger partial charge in [0.25, 0.3) is 0 Å². The maximum absolute atomic E-state index is 10.6. The van der Waals surface area contributed by atoms with Crippen LogP contribution in [-0.4, -0.2) is 11.3 Å². The summed E-state index contributed by atoms with van der Waals surface area (Å²) in [5, 5.41) is 3.04. The van der Waals surface area contributed by atoms with Crippen molar-refractivity contribution in [2.75, 3.05) is 0 Å². The van der Waals surface area contributed by atoms with Gasteiger partial charge in [-0.25, -0.2) is 4.98 Å². The highest BCUT2D eigenvalue weighted by atomic mass is 32.1. The summed E-state index contributed by atoms with van der Waals surface area (Å²) in [5.41, 5.74) is 1.03. The summed E-state index contributed by atoms with van der Waals surface area (Å²) in [7, 11) is 0. The quantitative estimate of drug-likeness (QED) is 0.734. The van der Waals surface area contributed by atoms with Crippen LogP contribution in [0.25, 0.3) is 0 Å². The minimum atomic E-state index is 0.432. The van der Waals surface area contributed by atoms with Gasteiger partial charge in [-0.05, 0) is 37.0 Å². The van der Waals surface area contributed by atoms with E-state index in [1.165, 1.54) is 30.7 Å². The van der Waals surface area contributed by atoms with E-state index >= 15 is 0 Å². The average Bonchev–Trinajstić information content (AvgIpc) is 2.76. The molecular weight excluding hydrogens is 230 g/mol. The van der Waals surface area contributed by atoms with Gasteiger partial charge in [-0.15, -0.1) is 11.3 Å². The molecule has 2 rings (SSSR count). The second-order valence-electron chi connectivity index (χ2n) is 6.14. The molecule has 3 heteroatoms. The summed E-state index contributed by atoms with van der Waals surface area (Å²) in [4.78, 5) is 15.0. The second kappa shape index (κ2) is 4.89. The highest BCUT2D eigenvalue weighted by Gasteiger charge is 2.31. The summed E-state index contributed by atoms with van der Waals surface area (Å²) < 4.78 is 0. The molecule has 1 aromatic heterocycles. The number of thiazole rings is 1. The highest BCUT2D eigenvalue weighted by molar-refractivity contribution is 7.09. The normalized spacial score (nSPS) is 25.8. The molecule has 2 nitrogen and oxygen atoms in total. The zero-order chi connectivity index (χ0) is 12.5. The first-order chi connectivity index (χ1) is 8.00. The molecular formula is C14H21NOS. The summed E-state index contributed by atoms with van der Waals surface area (Å²) in [5.74, 6) is 1.43. The Hall–Kier alpha value is -0.700. The molecule has 0 saturated heterocycles. The molecule has 0 aromatic carbocycles. The fourth-order valence-electron chi connectivity index (χ4n) is 2.75. The SMILES string of the molecule is CC(C)(C)C1CCC(c2nc(C=O)cs2)CC1. The first kappa shape index (κ1) is 12.7. The van der Waals surface area contributed by atoms with Gasteiger partial charge in [0, 0.05) is 11.3 Å². The Labute approximate surface area is 107 Å². The van der Waals surface area contributed by atoms with Gasteiger partial charge in [-0.1, -0.05) is 20.8 Å². The Morgan fingerprint density at radius 1 is 1.29 bits per heavy atom. The zero-order valence-electron chi connectivity index (χ0n) is 10.9. The number of carbonyl (C=O) groups excluding carboxylic acids is 1. The molecule has 1 saturated carbocycles. The lowest BCUT2D eigenvalue weighted by molar-refractivity contribution is 0.111. The predicted octanol–water partition coefficient (Wildman–Crippen LogP) is 4.28. The van der Waals surface area contributed by atoms with Crippen LogP contribution in [0.1, 0.15) is 67.9 Å². The summed E-state index contributed by atoms with van der Waals surface area (Å²) in [6.45, 7) is 7.02.